The molecule has 0 fully saturated rings. The summed E-state index contributed by atoms with van der Waals surface area (Å²) in [4.78, 5) is 3.81. The van der Waals surface area contributed by atoms with Crippen LogP contribution >= 0.6 is 0 Å². The van der Waals surface area contributed by atoms with Gasteiger partial charge < -0.3 is 10.6 Å². The summed E-state index contributed by atoms with van der Waals surface area (Å²) in [5, 5.41) is 5.16. The number of hydrogen-bond acceptors (Lipinski definition) is 3. The first-order chi connectivity index (χ1) is 12.2. The lowest BCUT2D eigenvalue weighted by molar-refractivity contribution is -0.157. The number of halogens is 6. The van der Waals surface area contributed by atoms with E-state index in [0.717, 1.165) is 6.07 Å². The van der Waals surface area contributed by atoms with E-state index in [4.69, 9.17) is 0 Å². The predicted octanol–water partition coefficient (Wildman–Crippen LogP) is 3.90. The number of benzene rings is 1. The van der Waals surface area contributed by atoms with Gasteiger partial charge in [0.1, 0.15) is 6.04 Å². The zero-order valence-electron chi connectivity index (χ0n) is 13.6. The maximum Gasteiger partial charge on any atom is 0.409 e. The molecule has 9 heteroatoms. The summed E-state index contributed by atoms with van der Waals surface area (Å²) in [5.41, 5.74) is 0.731. The van der Waals surface area contributed by atoms with Gasteiger partial charge >= 0.3 is 6.18 Å². The van der Waals surface area contributed by atoms with Crippen molar-refractivity contribution in [2.75, 3.05) is 12.4 Å². The number of nitrogens with zero attached hydrogens (tertiary/aromatic N) is 1. The molecule has 0 saturated carbocycles. The van der Waals surface area contributed by atoms with E-state index in [1.54, 1.807) is 0 Å². The van der Waals surface area contributed by atoms with Crippen LogP contribution in [-0.4, -0.2) is 24.2 Å². The number of alkyl halides is 3. The molecule has 0 amide bonds. The van der Waals surface area contributed by atoms with Crippen LogP contribution < -0.4 is 10.6 Å². The summed E-state index contributed by atoms with van der Waals surface area (Å²) in [7, 11) is 1.19. The highest BCUT2D eigenvalue weighted by atomic mass is 19.4. The highest BCUT2D eigenvalue weighted by molar-refractivity contribution is 5.46. The smallest absolute Gasteiger partial charge is 0.380 e. The number of nitrogens with one attached hydrogen (secondary N) is 2. The first-order valence-electron chi connectivity index (χ1n) is 7.82. The van der Waals surface area contributed by atoms with Crippen molar-refractivity contribution in [1.82, 2.24) is 10.3 Å². The molecule has 1 aliphatic carbocycles. The van der Waals surface area contributed by atoms with Crippen LogP contribution in [-0.2, 0) is 12.8 Å². The molecule has 0 aliphatic heterocycles. The van der Waals surface area contributed by atoms with Crippen LogP contribution in [0.1, 0.15) is 22.9 Å². The fraction of sp³-hybridized carbons (Fsp3) is 0.353. The summed E-state index contributed by atoms with van der Waals surface area (Å²) in [6.45, 7) is 0. The average molecular weight is 375 g/mol. The molecule has 0 bridgehead atoms. The second-order valence-electron chi connectivity index (χ2n) is 6.11. The van der Waals surface area contributed by atoms with E-state index in [2.05, 4.69) is 15.6 Å². The van der Waals surface area contributed by atoms with Crippen molar-refractivity contribution in [3.8, 4) is 0 Å². The number of aromatic nitrogens is 1. The number of hydrogen-bond donors (Lipinski definition) is 2. The Morgan fingerprint density at radius 1 is 1.12 bits per heavy atom. The predicted molar refractivity (Wildman–Crippen MR) is 83.2 cm³/mol. The Labute approximate surface area is 145 Å². The van der Waals surface area contributed by atoms with Crippen molar-refractivity contribution in [1.29, 1.82) is 0 Å². The van der Waals surface area contributed by atoms with Gasteiger partial charge in [0.15, 0.2) is 17.5 Å². The molecule has 1 aliphatic rings. The van der Waals surface area contributed by atoms with E-state index in [0.29, 0.717) is 11.3 Å². The maximum atomic E-state index is 13.8. The number of rotatable bonds is 4. The van der Waals surface area contributed by atoms with Crippen LogP contribution in [0.2, 0.25) is 0 Å². The molecule has 1 aromatic carbocycles. The third-order valence-electron chi connectivity index (χ3n) is 4.34. The van der Waals surface area contributed by atoms with E-state index in [1.807, 2.05) is 0 Å². The molecule has 3 nitrogen and oxygen atoms in total. The van der Waals surface area contributed by atoms with Gasteiger partial charge in [-0.05, 0) is 49.2 Å². The van der Waals surface area contributed by atoms with E-state index in [9.17, 15) is 26.3 Å². The monoisotopic (exact) mass is 375 g/mol. The molecule has 26 heavy (non-hydrogen) atoms. The highest BCUT2D eigenvalue weighted by Gasteiger charge is 2.40. The Hall–Kier alpha value is -2.29. The molecule has 0 saturated heterocycles. The molecule has 2 atom stereocenters. The molecule has 2 aromatic rings. The van der Waals surface area contributed by atoms with Gasteiger partial charge in [0.25, 0.3) is 0 Å². The first kappa shape index (κ1) is 18.5. The van der Waals surface area contributed by atoms with Gasteiger partial charge in [-0.3, -0.25) is 4.98 Å². The summed E-state index contributed by atoms with van der Waals surface area (Å²) >= 11 is 0. The Morgan fingerprint density at radius 3 is 2.42 bits per heavy atom. The normalized spacial score (nSPS) is 17.9. The van der Waals surface area contributed by atoms with Crippen LogP contribution in [0.3, 0.4) is 0 Å². The first-order valence-corrected chi connectivity index (χ1v) is 7.82. The van der Waals surface area contributed by atoms with Crippen LogP contribution in [0, 0.1) is 17.5 Å². The van der Waals surface area contributed by atoms with Gasteiger partial charge in [-0.15, -0.1) is 0 Å². The lowest BCUT2D eigenvalue weighted by Gasteiger charge is -2.19. The quantitative estimate of drug-likeness (QED) is 0.629. The average Bonchev–Trinajstić information content (AvgIpc) is 2.96. The lowest BCUT2D eigenvalue weighted by Crippen LogP contribution is -2.32. The molecule has 1 aromatic heterocycles. The second-order valence-corrected chi connectivity index (χ2v) is 6.11. The molecule has 3 rings (SSSR count). The van der Waals surface area contributed by atoms with Crippen molar-refractivity contribution in [3.05, 3.63) is 58.7 Å². The van der Waals surface area contributed by atoms with E-state index in [-0.39, 0.29) is 30.1 Å². The lowest BCUT2D eigenvalue weighted by atomic mass is 10.1. The molecule has 1 heterocycles. The molecule has 0 radical (unpaired) electrons. The molecule has 1 unspecified atom stereocenters. The van der Waals surface area contributed by atoms with E-state index in [1.165, 1.54) is 25.4 Å². The van der Waals surface area contributed by atoms with Crippen molar-refractivity contribution in [2.45, 2.75) is 31.1 Å². The minimum atomic E-state index is -4.48. The molecular weight excluding hydrogens is 360 g/mol. The fourth-order valence-electron chi connectivity index (χ4n) is 3.15. The molecular formula is C17H15F6N3. The number of anilines is 1. The number of pyridine rings is 1. The summed E-state index contributed by atoms with van der Waals surface area (Å²) in [6.07, 6.45) is -2.82. The number of fused-ring (bicyclic) bond motifs is 1. The summed E-state index contributed by atoms with van der Waals surface area (Å²) in [5.74, 6) is -3.93. The minimum Gasteiger partial charge on any atom is -0.380 e. The van der Waals surface area contributed by atoms with Gasteiger partial charge in [0.2, 0.25) is 0 Å². The maximum absolute atomic E-state index is 13.8. The second kappa shape index (κ2) is 6.79. The Morgan fingerprint density at radius 2 is 1.85 bits per heavy atom. The summed E-state index contributed by atoms with van der Waals surface area (Å²) in [6, 6.07) is 1.42. The standard InChI is InChI=1S/C17H15F6N3/c1-24-16(17(21,22)23)13-3-2-9(7-25-13)26-10-4-8-5-12(18)15(20)14(19)11(8)6-10/h2-3,5,7,10,16,24,26H,4,6H2,1H3/t10?,16-/m0/s1. The summed E-state index contributed by atoms with van der Waals surface area (Å²) < 4.78 is 79.0. The van der Waals surface area contributed by atoms with E-state index >= 15 is 0 Å². The largest absolute Gasteiger partial charge is 0.409 e. The van der Waals surface area contributed by atoms with Crippen molar-refractivity contribution < 1.29 is 26.3 Å². The zero-order valence-corrected chi connectivity index (χ0v) is 13.6. The zero-order chi connectivity index (χ0) is 19.1. The molecule has 0 spiro atoms. The Kier molecular flexibility index (Phi) is 4.83. The third-order valence-corrected chi connectivity index (χ3v) is 4.34. The van der Waals surface area contributed by atoms with Crippen molar-refractivity contribution in [2.24, 2.45) is 0 Å². The molecule has 2 N–H and O–H groups in total. The highest BCUT2D eigenvalue weighted by Crippen LogP contribution is 2.32. The molecule has 140 valence electrons. The van der Waals surface area contributed by atoms with Gasteiger partial charge in [0, 0.05) is 6.04 Å². The minimum absolute atomic E-state index is 0.110. The van der Waals surface area contributed by atoms with Crippen LogP contribution in [0.25, 0.3) is 0 Å². The van der Waals surface area contributed by atoms with Gasteiger partial charge in [0.05, 0.1) is 17.6 Å². The van der Waals surface area contributed by atoms with Crippen LogP contribution in [0.4, 0.5) is 32.0 Å². The topological polar surface area (TPSA) is 37.0 Å². The van der Waals surface area contributed by atoms with Crippen molar-refractivity contribution >= 4 is 5.69 Å². The van der Waals surface area contributed by atoms with Gasteiger partial charge in [-0.25, -0.2) is 13.2 Å². The van der Waals surface area contributed by atoms with Gasteiger partial charge in [-0.1, -0.05) is 0 Å². The Bertz CT molecular complexity index is 804. The van der Waals surface area contributed by atoms with Crippen LogP contribution in [0.15, 0.2) is 24.4 Å². The van der Waals surface area contributed by atoms with Crippen molar-refractivity contribution in [3.63, 3.8) is 0 Å². The van der Waals surface area contributed by atoms with E-state index < -0.39 is 29.7 Å². The SMILES string of the molecule is CN[C@@H](c1ccc(NC2Cc3cc(F)c(F)c(F)c3C2)cn1)C(F)(F)F. The fourth-order valence-corrected chi connectivity index (χ4v) is 3.15. The van der Waals surface area contributed by atoms with Gasteiger partial charge in [-0.2, -0.15) is 13.2 Å². The third kappa shape index (κ3) is 3.48. The van der Waals surface area contributed by atoms with Crippen LogP contribution in [0.5, 0.6) is 0 Å². The Balaban J connectivity index is 1.72.